The van der Waals surface area contributed by atoms with Gasteiger partial charge in [-0.25, -0.2) is 0 Å². The monoisotopic (exact) mass is 472 g/mol. The van der Waals surface area contributed by atoms with E-state index in [9.17, 15) is 28.0 Å². The Morgan fingerprint density at radius 1 is 1.06 bits per heavy atom. The zero-order valence-electron chi connectivity index (χ0n) is 16.9. The minimum absolute atomic E-state index is 0.0411. The molecule has 162 valence electrons. The number of nitriles is 1. The van der Waals surface area contributed by atoms with Crippen LogP contribution in [0.15, 0.2) is 53.1 Å². The number of hydrogen-bond acceptors (Lipinski definition) is 5. The largest absolute Gasteiger partial charge is 0.416 e. The molecule has 4 nitrogen and oxygen atoms in total. The predicted molar refractivity (Wildman–Crippen MR) is 119 cm³/mol. The van der Waals surface area contributed by atoms with E-state index < -0.39 is 23.6 Å². The molecule has 0 saturated heterocycles. The number of rotatable bonds is 3. The highest BCUT2D eigenvalue weighted by Crippen LogP contribution is 2.40. The molecule has 0 aliphatic carbocycles. The van der Waals surface area contributed by atoms with Crippen molar-refractivity contribution in [2.45, 2.75) is 20.0 Å². The van der Waals surface area contributed by atoms with E-state index in [0.717, 1.165) is 36.2 Å². The molecular formula is C23H15F3N2O2S2. The lowest BCUT2D eigenvalue weighted by molar-refractivity contribution is -0.140. The summed E-state index contributed by atoms with van der Waals surface area (Å²) in [5.74, 6) is -1.01. The van der Waals surface area contributed by atoms with Crippen LogP contribution in [0.4, 0.5) is 13.2 Å². The molecule has 3 heterocycles. The van der Waals surface area contributed by atoms with Crippen molar-refractivity contribution >= 4 is 50.0 Å². The van der Waals surface area contributed by atoms with Gasteiger partial charge < -0.3 is 0 Å². The average Bonchev–Trinajstić information content (AvgIpc) is 3.30. The summed E-state index contributed by atoms with van der Waals surface area (Å²) in [7, 11) is 0. The number of benzene rings is 1. The topological polar surface area (TPSA) is 61.2 Å². The maximum atomic E-state index is 12.8. The summed E-state index contributed by atoms with van der Waals surface area (Å²) in [6.07, 6.45) is -2.69. The van der Waals surface area contributed by atoms with Crippen molar-refractivity contribution in [3.63, 3.8) is 0 Å². The molecule has 2 aromatic heterocycles. The van der Waals surface area contributed by atoms with Gasteiger partial charge >= 0.3 is 6.18 Å². The number of nitrogens with zero attached hydrogens (tertiary/aromatic N) is 2. The van der Waals surface area contributed by atoms with Crippen molar-refractivity contribution in [3.05, 3.63) is 63.6 Å². The van der Waals surface area contributed by atoms with Crippen LogP contribution in [-0.2, 0) is 15.8 Å². The van der Waals surface area contributed by atoms with Crippen molar-refractivity contribution in [2.75, 3.05) is 6.54 Å². The molecule has 1 aromatic carbocycles. The van der Waals surface area contributed by atoms with Crippen molar-refractivity contribution in [3.8, 4) is 16.5 Å². The van der Waals surface area contributed by atoms with Crippen LogP contribution >= 0.6 is 22.7 Å². The highest BCUT2D eigenvalue weighted by atomic mass is 32.1. The normalized spacial score (nSPS) is 16.4. The molecule has 0 saturated carbocycles. The van der Waals surface area contributed by atoms with E-state index in [1.165, 1.54) is 34.8 Å². The van der Waals surface area contributed by atoms with Crippen molar-refractivity contribution in [2.24, 2.45) is 0 Å². The number of likely N-dealkylation sites (N-methyl/N-ethyl adjacent to an activating group) is 1. The molecule has 0 N–H and O–H groups in total. The molecule has 1 aliphatic heterocycles. The number of thiophene rings is 2. The summed E-state index contributed by atoms with van der Waals surface area (Å²) < 4.78 is 40.2. The third-order valence-electron chi connectivity index (χ3n) is 5.15. The first kappa shape index (κ1) is 22.0. The number of carbonyl (C=O) groups excluding carboxylic acids is 2. The average molecular weight is 473 g/mol. The molecule has 4 rings (SSSR count). The molecule has 32 heavy (non-hydrogen) atoms. The Morgan fingerprint density at radius 2 is 1.72 bits per heavy atom. The molecular weight excluding hydrogens is 457 g/mol. The fourth-order valence-electron chi connectivity index (χ4n) is 3.45. The van der Waals surface area contributed by atoms with Crippen LogP contribution in [0.3, 0.4) is 0 Å². The van der Waals surface area contributed by atoms with E-state index >= 15 is 0 Å². The SMILES string of the molecule is CCN1C(=O)C(C#N)=C(C)/C(=C/c2cc3sc(-c4ccc(C(F)(F)F)cc4)cc3s2)C1=O. The first-order chi connectivity index (χ1) is 15.1. The van der Waals surface area contributed by atoms with Gasteiger partial charge in [0.1, 0.15) is 11.6 Å². The van der Waals surface area contributed by atoms with E-state index in [4.69, 9.17) is 0 Å². The Balaban J connectivity index is 1.69. The van der Waals surface area contributed by atoms with Gasteiger partial charge in [-0.2, -0.15) is 18.4 Å². The van der Waals surface area contributed by atoms with Crippen LogP contribution in [0.25, 0.3) is 25.9 Å². The lowest BCUT2D eigenvalue weighted by Gasteiger charge is -2.26. The van der Waals surface area contributed by atoms with E-state index in [0.29, 0.717) is 16.7 Å². The minimum Gasteiger partial charge on any atom is -0.274 e. The molecule has 0 fully saturated rings. The Hall–Kier alpha value is -3.22. The summed E-state index contributed by atoms with van der Waals surface area (Å²) in [5.41, 5.74) is 0.628. The lowest BCUT2D eigenvalue weighted by Crippen LogP contribution is -2.42. The molecule has 3 aromatic rings. The summed E-state index contributed by atoms with van der Waals surface area (Å²) in [6.45, 7) is 3.43. The van der Waals surface area contributed by atoms with Gasteiger partial charge in [-0.1, -0.05) is 12.1 Å². The smallest absolute Gasteiger partial charge is 0.274 e. The predicted octanol–water partition coefficient (Wildman–Crippen LogP) is 6.26. The minimum atomic E-state index is -4.37. The van der Waals surface area contributed by atoms with Crippen LogP contribution in [0.1, 0.15) is 24.3 Å². The van der Waals surface area contributed by atoms with E-state index in [1.54, 1.807) is 19.9 Å². The molecule has 0 bridgehead atoms. The fraction of sp³-hybridized carbons (Fsp3) is 0.174. The Morgan fingerprint density at radius 3 is 2.28 bits per heavy atom. The third-order valence-corrected chi connectivity index (χ3v) is 7.44. The first-order valence-corrected chi connectivity index (χ1v) is 11.2. The maximum Gasteiger partial charge on any atom is 0.416 e. The second-order valence-electron chi connectivity index (χ2n) is 7.09. The van der Waals surface area contributed by atoms with Gasteiger partial charge in [0.2, 0.25) is 0 Å². The van der Waals surface area contributed by atoms with Crippen LogP contribution in [0.2, 0.25) is 0 Å². The molecule has 1 aliphatic rings. The molecule has 0 atom stereocenters. The summed E-state index contributed by atoms with van der Waals surface area (Å²) in [5, 5.41) is 9.35. The standard InChI is InChI=1S/C23H15F3N2O2S2/c1-3-28-21(29)16(12(2)17(11-27)22(28)30)8-15-9-19-20(31-15)10-18(32-19)13-4-6-14(7-5-13)23(24,25)26/h4-10H,3H2,1-2H3/b16-8-. The van der Waals surface area contributed by atoms with Gasteiger partial charge in [0.25, 0.3) is 11.8 Å². The molecule has 9 heteroatoms. The van der Waals surface area contributed by atoms with Crippen molar-refractivity contribution in [1.82, 2.24) is 4.90 Å². The zero-order valence-corrected chi connectivity index (χ0v) is 18.5. The number of carbonyl (C=O) groups is 2. The number of halogens is 3. The maximum absolute atomic E-state index is 12.8. The third kappa shape index (κ3) is 3.76. The number of alkyl halides is 3. The first-order valence-electron chi connectivity index (χ1n) is 9.54. The Kier molecular flexibility index (Phi) is 5.53. The van der Waals surface area contributed by atoms with Gasteiger partial charge in [-0.05, 0) is 55.3 Å². The number of imide groups is 1. The number of fused-ring (bicyclic) bond motifs is 1. The molecule has 0 unspecified atom stereocenters. The van der Waals surface area contributed by atoms with Gasteiger partial charge in [0.05, 0.1) is 5.56 Å². The second-order valence-corrected chi connectivity index (χ2v) is 9.29. The highest BCUT2D eigenvalue weighted by Gasteiger charge is 2.34. The highest BCUT2D eigenvalue weighted by molar-refractivity contribution is 7.29. The van der Waals surface area contributed by atoms with Crippen molar-refractivity contribution < 1.29 is 22.8 Å². The van der Waals surface area contributed by atoms with Crippen LogP contribution < -0.4 is 0 Å². The van der Waals surface area contributed by atoms with Crippen LogP contribution in [0, 0.1) is 11.3 Å². The summed E-state index contributed by atoms with van der Waals surface area (Å²) in [4.78, 5) is 27.7. The summed E-state index contributed by atoms with van der Waals surface area (Å²) in [6, 6.07) is 10.7. The second kappa shape index (κ2) is 8.04. The Bertz CT molecular complexity index is 1320. The number of amides is 2. The molecule has 0 radical (unpaired) electrons. The van der Waals surface area contributed by atoms with Gasteiger partial charge in [0, 0.05) is 31.3 Å². The van der Waals surface area contributed by atoms with E-state index in [1.807, 2.05) is 18.2 Å². The van der Waals surface area contributed by atoms with E-state index in [2.05, 4.69) is 0 Å². The molecule has 2 amide bonds. The van der Waals surface area contributed by atoms with Crippen molar-refractivity contribution in [1.29, 1.82) is 5.26 Å². The van der Waals surface area contributed by atoms with Crippen LogP contribution in [0.5, 0.6) is 0 Å². The number of hydrogen-bond donors (Lipinski definition) is 0. The quantitative estimate of drug-likeness (QED) is 0.334. The lowest BCUT2D eigenvalue weighted by atomic mass is 9.95. The van der Waals surface area contributed by atoms with Gasteiger partial charge in [0.15, 0.2) is 0 Å². The van der Waals surface area contributed by atoms with Gasteiger partial charge in [-0.3, -0.25) is 14.5 Å². The van der Waals surface area contributed by atoms with Gasteiger partial charge in [-0.15, -0.1) is 22.7 Å². The van der Waals surface area contributed by atoms with Crippen LogP contribution in [-0.4, -0.2) is 23.3 Å². The van der Waals surface area contributed by atoms with E-state index in [-0.39, 0.29) is 12.1 Å². The summed E-state index contributed by atoms with van der Waals surface area (Å²) >= 11 is 2.87. The fourth-order valence-corrected chi connectivity index (χ4v) is 5.81. The zero-order chi connectivity index (χ0) is 23.2. The molecule has 0 spiro atoms. The Labute approximate surface area is 189 Å².